The number of piperazine rings is 1. The third kappa shape index (κ3) is 2.88. The molecule has 7 nitrogen and oxygen atoms in total. The number of hydrogen-bond donors (Lipinski definition) is 1. The number of nitrogens with one attached hydrogen (secondary N) is 1. The molecule has 1 aromatic rings. The molecule has 2 fully saturated rings. The Bertz CT molecular complexity index is 663. The van der Waals surface area contributed by atoms with Gasteiger partial charge in [-0.25, -0.2) is 8.42 Å². The molecule has 0 saturated carbocycles. The van der Waals surface area contributed by atoms with Crippen LogP contribution in [-0.4, -0.2) is 61.7 Å². The Morgan fingerprint density at radius 1 is 1.27 bits per heavy atom. The van der Waals surface area contributed by atoms with Crippen molar-refractivity contribution >= 4 is 33.2 Å². The molecular weight excluding hydrogens is 326 g/mol. The molecule has 1 aromatic heterocycles. The molecule has 3 heterocycles. The Morgan fingerprint density at radius 3 is 2.55 bits per heavy atom. The van der Waals surface area contributed by atoms with Gasteiger partial charge in [0.1, 0.15) is 10.3 Å². The topological polar surface area (TPSA) is 86.8 Å². The quantitative estimate of drug-likeness (QED) is 0.828. The van der Waals surface area contributed by atoms with Crippen molar-refractivity contribution in [2.24, 2.45) is 0 Å². The average Bonchev–Trinajstić information content (AvgIpc) is 3.18. The lowest BCUT2D eigenvalue weighted by Gasteiger charge is -2.34. The third-order valence-corrected chi connectivity index (χ3v) is 7.20. The highest BCUT2D eigenvalue weighted by molar-refractivity contribution is 7.91. The van der Waals surface area contributed by atoms with Crippen molar-refractivity contribution in [3.8, 4) is 0 Å². The third-order valence-electron chi connectivity index (χ3n) is 3.93. The highest BCUT2D eigenvalue weighted by atomic mass is 32.2. The maximum atomic E-state index is 12.4. The van der Waals surface area contributed by atoms with Crippen LogP contribution in [0.4, 0.5) is 0 Å². The summed E-state index contributed by atoms with van der Waals surface area (Å²) in [5, 5.41) is 4.39. The van der Waals surface area contributed by atoms with Gasteiger partial charge in [-0.1, -0.05) is 6.07 Å². The summed E-state index contributed by atoms with van der Waals surface area (Å²) in [5.41, 5.74) is 0. The minimum atomic E-state index is -3.45. The van der Waals surface area contributed by atoms with E-state index >= 15 is 0 Å². The number of rotatable bonds is 3. The first kappa shape index (κ1) is 15.4. The number of hydrogen-bond acceptors (Lipinski definition) is 5. The molecule has 22 heavy (non-hydrogen) atoms. The van der Waals surface area contributed by atoms with Crippen molar-refractivity contribution in [2.45, 2.75) is 23.1 Å². The van der Waals surface area contributed by atoms with Crippen LogP contribution in [0.5, 0.6) is 0 Å². The van der Waals surface area contributed by atoms with Crippen molar-refractivity contribution in [3.05, 3.63) is 17.5 Å². The Kier molecular flexibility index (Phi) is 4.20. The first-order valence-corrected chi connectivity index (χ1v) is 9.42. The fourth-order valence-corrected chi connectivity index (χ4v) is 5.27. The minimum absolute atomic E-state index is 0.0998. The van der Waals surface area contributed by atoms with Crippen LogP contribution in [0.3, 0.4) is 0 Å². The van der Waals surface area contributed by atoms with E-state index in [0.717, 1.165) is 0 Å². The maximum absolute atomic E-state index is 12.4. The van der Waals surface area contributed by atoms with Crippen molar-refractivity contribution in [1.82, 2.24) is 14.5 Å². The van der Waals surface area contributed by atoms with Crippen molar-refractivity contribution in [2.75, 3.05) is 26.2 Å². The lowest BCUT2D eigenvalue weighted by atomic mass is 10.2. The fourth-order valence-electron chi connectivity index (χ4n) is 2.71. The lowest BCUT2D eigenvalue weighted by Crippen LogP contribution is -2.54. The van der Waals surface area contributed by atoms with Crippen LogP contribution in [0.1, 0.15) is 12.8 Å². The van der Waals surface area contributed by atoms with Gasteiger partial charge in [0.2, 0.25) is 11.8 Å². The number of carbonyl (C=O) groups is 2. The molecule has 0 aliphatic carbocycles. The Labute approximate surface area is 132 Å². The van der Waals surface area contributed by atoms with Crippen molar-refractivity contribution < 1.29 is 18.0 Å². The van der Waals surface area contributed by atoms with Crippen LogP contribution in [0, 0.1) is 0 Å². The van der Waals surface area contributed by atoms with E-state index < -0.39 is 16.1 Å². The SMILES string of the molecule is O=C1CCC(C(=O)N2CCN(S(=O)(=O)c3cccs3)CC2)N1. The molecule has 1 N–H and O–H groups in total. The van der Waals surface area contributed by atoms with Gasteiger partial charge in [0.05, 0.1) is 0 Å². The molecule has 0 radical (unpaired) electrons. The van der Waals surface area contributed by atoms with Gasteiger partial charge in [-0.2, -0.15) is 4.31 Å². The summed E-state index contributed by atoms with van der Waals surface area (Å²) in [6.07, 6.45) is 0.897. The first-order valence-electron chi connectivity index (χ1n) is 7.10. The van der Waals surface area contributed by atoms with Gasteiger partial charge in [0, 0.05) is 32.6 Å². The Hall–Kier alpha value is -1.45. The van der Waals surface area contributed by atoms with Gasteiger partial charge in [0.15, 0.2) is 0 Å². The van der Waals surface area contributed by atoms with E-state index in [1.165, 1.54) is 15.6 Å². The van der Waals surface area contributed by atoms with E-state index in [0.29, 0.717) is 30.1 Å². The molecule has 3 rings (SSSR count). The normalized spacial score (nSPS) is 23.5. The zero-order chi connectivity index (χ0) is 15.7. The maximum Gasteiger partial charge on any atom is 0.252 e. The van der Waals surface area contributed by atoms with Gasteiger partial charge in [0.25, 0.3) is 10.0 Å². The van der Waals surface area contributed by atoms with Crippen LogP contribution in [0.25, 0.3) is 0 Å². The molecule has 2 amide bonds. The molecule has 120 valence electrons. The van der Waals surface area contributed by atoms with E-state index in [-0.39, 0.29) is 24.9 Å². The smallest absolute Gasteiger partial charge is 0.252 e. The molecule has 2 saturated heterocycles. The standard InChI is InChI=1S/C13H17N3O4S2/c17-11-4-3-10(14-11)13(18)15-5-7-16(8-6-15)22(19,20)12-2-1-9-21-12/h1-2,9-10H,3-8H2,(H,14,17). The van der Waals surface area contributed by atoms with Gasteiger partial charge >= 0.3 is 0 Å². The molecular formula is C13H17N3O4S2. The van der Waals surface area contributed by atoms with E-state index in [2.05, 4.69) is 5.32 Å². The number of sulfonamides is 1. The molecule has 0 spiro atoms. The van der Waals surface area contributed by atoms with Crippen molar-refractivity contribution in [1.29, 1.82) is 0 Å². The second-order valence-electron chi connectivity index (χ2n) is 5.32. The fraction of sp³-hybridized carbons (Fsp3) is 0.538. The summed E-state index contributed by atoms with van der Waals surface area (Å²) in [6, 6.07) is 2.85. The van der Waals surface area contributed by atoms with E-state index in [9.17, 15) is 18.0 Å². The van der Waals surface area contributed by atoms with Gasteiger partial charge in [-0.15, -0.1) is 11.3 Å². The van der Waals surface area contributed by atoms with E-state index in [4.69, 9.17) is 0 Å². The van der Waals surface area contributed by atoms with Gasteiger partial charge < -0.3 is 10.2 Å². The summed E-state index contributed by atoms with van der Waals surface area (Å²) >= 11 is 1.19. The largest absolute Gasteiger partial charge is 0.344 e. The second-order valence-corrected chi connectivity index (χ2v) is 8.43. The predicted molar refractivity (Wildman–Crippen MR) is 80.8 cm³/mol. The summed E-state index contributed by atoms with van der Waals surface area (Å²) in [6.45, 7) is 1.28. The summed E-state index contributed by atoms with van der Waals surface area (Å²) < 4.78 is 26.5. The highest BCUT2D eigenvalue weighted by Crippen LogP contribution is 2.22. The molecule has 0 bridgehead atoms. The monoisotopic (exact) mass is 343 g/mol. The molecule has 2 aliphatic heterocycles. The van der Waals surface area contributed by atoms with Crippen LogP contribution in [0.15, 0.2) is 21.7 Å². The highest BCUT2D eigenvalue weighted by Gasteiger charge is 2.35. The average molecular weight is 343 g/mol. The van der Waals surface area contributed by atoms with Crippen LogP contribution < -0.4 is 5.32 Å². The molecule has 1 unspecified atom stereocenters. The van der Waals surface area contributed by atoms with Crippen molar-refractivity contribution in [3.63, 3.8) is 0 Å². The van der Waals surface area contributed by atoms with Crippen LogP contribution >= 0.6 is 11.3 Å². The number of nitrogens with zero attached hydrogens (tertiary/aromatic N) is 2. The molecule has 9 heteroatoms. The zero-order valence-electron chi connectivity index (χ0n) is 11.9. The predicted octanol–water partition coefficient (Wildman–Crippen LogP) is -0.140. The number of amides is 2. The first-order chi connectivity index (χ1) is 10.5. The second kappa shape index (κ2) is 5.98. The lowest BCUT2D eigenvalue weighted by molar-refractivity contribution is -0.135. The zero-order valence-corrected chi connectivity index (χ0v) is 13.5. The molecule has 1 atom stereocenters. The minimum Gasteiger partial charge on any atom is -0.344 e. The van der Waals surface area contributed by atoms with E-state index in [1.54, 1.807) is 22.4 Å². The number of carbonyl (C=O) groups excluding carboxylic acids is 2. The molecule has 0 aromatic carbocycles. The Balaban J connectivity index is 1.61. The summed E-state index contributed by atoms with van der Waals surface area (Å²) in [5.74, 6) is -0.212. The summed E-state index contributed by atoms with van der Waals surface area (Å²) in [4.78, 5) is 25.1. The van der Waals surface area contributed by atoms with Gasteiger partial charge in [-0.3, -0.25) is 9.59 Å². The Morgan fingerprint density at radius 2 is 2.00 bits per heavy atom. The van der Waals surface area contributed by atoms with Crippen LogP contribution in [0.2, 0.25) is 0 Å². The van der Waals surface area contributed by atoms with E-state index in [1.807, 2.05) is 0 Å². The van der Waals surface area contributed by atoms with Gasteiger partial charge in [-0.05, 0) is 17.9 Å². The summed E-state index contributed by atoms with van der Waals surface area (Å²) in [7, 11) is -3.45. The molecule has 2 aliphatic rings. The number of thiophene rings is 1. The van der Waals surface area contributed by atoms with Crippen LogP contribution in [-0.2, 0) is 19.6 Å².